The molecule has 4 nitrogen and oxygen atoms in total. The van der Waals surface area contributed by atoms with E-state index in [9.17, 15) is 4.39 Å². The van der Waals surface area contributed by atoms with Gasteiger partial charge in [0.2, 0.25) is 0 Å². The topological polar surface area (TPSA) is 33.4 Å². The van der Waals surface area contributed by atoms with Gasteiger partial charge in [0.25, 0.3) is 0 Å². The molecule has 0 aliphatic rings. The summed E-state index contributed by atoms with van der Waals surface area (Å²) in [5, 5.41) is 5.54. The molecule has 4 aromatic rings. The zero-order valence-corrected chi connectivity index (χ0v) is 13.6. The van der Waals surface area contributed by atoms with Crippen molar-refractivity contribution >= 4 is 22.4 Å². The Hall–Kier alpha value is -2.95. The molecule has 2 aromatic carbocycles. The molecule has 2 heterocycles. The van der Waals surface area contributed by atoms with Gasteiger partial charge in [-0.1, -0.05) is 24.3 Å². The molecule has 120 valence electrons. The maximum Gasteiger partial charge on any atom is 0.158 e. The van der Waals surface area contributed by atoms with Gasteiger partial charge in [0.1, 0.15) is 11.6 Å². The average Bonchev–Trinajstić information content (AvgIpc) is 2.94. The number of rotatable bonds is 3. The van der Waals surface area contributed by atoms with Crippen LogP contribution in [0.4, 0.5) is 10.2 Å². The predicted molar refractivity (Wildman–Crippen MR) is 93.7 cm³/mol. The van der Waals surface area contributed by atoms with E-state index >= 15 is 0 Å². The number of benzene rings is 2. The highest BCUT2D eigenvalue weighted by Crippen LogP contribution is 2.26. The molecule has 2 aromatic heterocycles. The fourth-order valence-corrected chi connectivity index (χ4v) is 3.03. The van der Waals surface area contributed by atoms with Gasteiger partial charge in [-0.2, -0.15) is 5.10 Å². The highest BCUT2D eigenvalue weighted by Gasteiger charge is 2.13. The van der Waals surface area contributed by atoms with Crippen molar-refractivity contribution in [3.05, 3.63) is 71.7 Å². The average molecular weight is 320 g/mol. The van der Waals surface area contributed by atoms with Gasteiger partial charge in [0.15, 0.2) is 5.65 Å². The van der Waals surface area contributed by atoms with Crippen LogP contribution in [0, 0.1) is 12.7 Å². The first-order valence-corrected chi connectivity index (χ1v) is 7.82. The quantitative estimate of drug-likeness (QED) is 0.573. The number of anilines is 1. The molecule has 0 fully saturated rings. The van der Waals surface area contributed by atoms with Gasteiger partial charge in [-0.05, 0) is 36.8 Å². The summed E-state index contributed by atoms with van der Waals surface area (Å²) >= 11 is 0. The molecule has 0 atom stereocenters. The van der Waals surface area contributed by atoms with Crippen molar-refractivity contribution in [2.24, 2.45) is 0 Å². The molecule has 0 radical (unpaired) electrons. The van der Waals surface area contributed by atoms with Crippen LogP contribution in [0.25, 0.3) is 16.6 Å². The summed E-state index contributed by atoms with van der Waals surface area (Å²) in [5.74, 6) is 0.642. The second-order valence-electron chi connectivity index (χ2n) is 5.99. The van der Waals surface area contributed by atoms with E-state index in [0.717, 1.165) is 33.6 Å². The Balaban J connectivity index is 1.84. The van der Waals surface area contributed by atoms with Crippen LogP contribution >= 0.6 is 0 Å². The lowest BCUT2D eigenvalue weighted by Crippen LogP contribution is -2.18. The highest BCUT2D eigenvalue weighted by atomic mass is 19.1. The predicted octanol–water partition coefficient (Wildman–Crippen LogP) is 3.97. The van der Waals surface area contributed by atoms with E-state index in [2.05, 4.69) is 5.10 Å². The Labute approximate surface area is 139 Å². The number of aromatic nitrogens is 3. The second-order valence-corrected chi connectivity index (χ2v) is 5.99. The first kappa shape index (κ1) is 14.6. The third-order valence-corrected chi connectivity index (χ3v) is 4.08. The van der Waals surface area contributed by atoms with Crippen molar-refractivity contribution in [3.8, 4) is 0 Å². The van der Waals surface area contributed by atoms with Crippen LogP contribution in [-0.2, 0) is 6.54 Å². The van der Waals surface area contributed by atoms with Crippen LogP contribution in [0.1, 0.15) is 11.3 Å². The molecule has 0 aliphatic carbocycles. The molecule has 24 heavy (non-hydrogen) atoms. The summed E-state index contributed by atoms with van der Waals surface area (Å²) in [6, 6.07) is 16.7. The van der Waals surface area contributed by atoms with Crippen molar-refractivity contribution in [1.82, 2.24) is 14.6 Å². The normalized spacial score (nSPS) is 11.3. The van der Waals surface area contributed by atoms with Gasteiger partial charge in [0.05, 0.1) is 11.2 Å². The van der Waals surface area contributed by atoms with E-state index < -0.39 is 0 Å². The molecule has 0 amide bonds. The molecule has 0 saturated carbocycles. The van der Waals surface area contributed by atoms with Crippen molar-refractivity contribution in [1.29, 1.82) is 0 Å². The van der Waals surface area contributed by atoms with Gasteiger partial charge in [-0.25, -0.2) is 13.9 Å². The largest absolute Gasteiger partial charge is 0.355 e. The van der Waals surface area contributed by atoms with Crippen LogP contribution in [0.3, 0.4) is 0 Å². The molecule has 0 spiro atoms. The summed E-state index contributed by atoms with van der Waals surface area (Å²) < 4.78 is 15.3. The van der Waals surface area contributed by atoms with Crippen molar-refractivity contribution in [2.45, 2.75) is 13.5 Å². The third-order valence-electron chi connectivity index (χ3n) is 4.08. The fourth-order valence-electron chi connectivity index (χ4n) is 3.03. The summed E-state index contributed by atoms with van der Waals surface area (Å²) in [7, 11) is 1.97. The molecule has 5 heteroatoms. The molecule has 0 saturated heterocycles. The monoisotopic (exact) mass is 320 g/mol. The Bertz CT molecular complexity index is 1040. The number of aryl methyl sites for hydroxylation is 1. The van der Waals surface area contributed by atoms with Crippen molar-refractivity contribution < 1.29 is 4.39 Å². The third kappa shape index (κ3) is 2.48. The van der Waals surface area contributed by atoms with Crippen LogP contribution < -0.4 is 4.90 Å². The number of hydrogen-bond acceptors (Lipinski definition) is 3. The van der Waals surface area contributed by atoms with Gasteiger partial charge in [-0.15, -0.1) is 0 Å². The lowest BCUT2D eigenvalue weighted by molar-refractivity contribution is 0.625. The minimum Gasteiger partial charge on any atom is -0.355 e. The number of halogens is 1. The molecule has 0 bridgehead atoms. The van der Waals surface area contributed by atoms with E-state index in [1.165, 1.54) is 6.07 Å². The Kier molecular flexibility index (Phi) is 3.41. The summed E-state index contributed by atoms with van der Waals surface area (Å²) in [6.45, 7) is 2.54. The summed E-state index contributed by atoms with van der Waals surface area (Å²) in [6.07, 6.45) is 0. The lowest BCUT2D eigenvalue weighted by atomic mass is 10.2. The van der Waals surface area contributed by atoms with E-state index in [1.807, 2.05) is 59.8 Å². The van der Waals surface area contributed by atoms with E-state index in [4.69, 9.17) is 4.98 Å². The van der Waals surface area contributed by atoms with E-state index in [0.29, 0.717) is 6.54 Å². The first-order valence-electron chi connectivity index (χ1n) is 7.82. The first-order chi connectivity index (χ1) is 11.6. The second kappa shape index (κ2) is 5.60. The van der Waals surface area contributed by atoms with Gasteiger partial charge >= 0.3 is 0 Å². The van der Waals surface area contributed by atoms with E-state index in [-0.39, 0.29) is 5.82 Å². The van der Waals surface area contributed by atoms with E-state index in [1.54, 1.807) is 12.1 Å². The number of nitrogens with zero attached hydrogens (tertiary/aromatic N) is 4. The highest BCUT2D eigenvalue weighted by molar-refractivity contribution is 5.91. The zero-order chi connectivity index (χ0) is 16.7. The van der Waals surface area contributed by atoms with Crippen LogP contribution in [-0.4, -0.2) is 21.6 Å². The maximum absolute atomic E-state index is 13.4. The summed E-state index contributed by atoms with van der Waals surface area (Å²) in [5.41, 5.74) is 3.66. The number of para-hydroxylation sites is 1. The Morgan fingerprint density at radius 3 is 2.75 bits per heavy atom. The van der Waals surface area contributed by atoms with Crippen molar-refractivity contribution in [2.75, 3.05) is 11.9 Å². The molecule has 4 rings (SSSR count). The summed E-state index contributed by atoms with van der Waals surface area (Å²) in [4.78, 5) is 6.82. The van der Waals surface area contributed by atoms with Gasteiger partial charge in [-0.3, -0.25) is 0 Å². The smallest absolute Gasteiger partial charge is 0.158 e. The van der Waals surface area contributed by atoms with Crippen LogP contribution in [0.2, 0.25) is 0 Å². The van der Waals surface area contributed by atoms with Crippen molar-refractivity contribution in [3.63, 3.8) is 0 Å². The molecule has 0 aliphatic heterocycles. The van der Waals surface area contributed by atoms with Gasteiger partial charge < -0.3 is 4.90 Å². The molecular formula is C19H17FN4. The lowest BCUT2D eigenvalue weighted by Gasteiger charge is -2.20. The number of fused-ring (bicyclic) bond motifs is 3. The minimum absolute atomic E-state index is 0.222. The maximum atomic E-state index is 13.4. The minimum atomic E-state index is -0.222. The number of hydrogen-bond donors (Lipinski definition) is 0. The Morgan fingerprint density at radius 2 is 1.92 bits per heavy atom. The van der Waals surface area contributed by atoms with Gasteiger partial charge in [0, 0.05) is 25.0 Å². The molecular weight excluding hydrogens is 303 g/mol. The van der Waals surface area contributed by atoms with Crippen LogP contribution in [0.5, 0.6) is 0 Å². The standard InChI is InChI=1S/C19H17FN4/c1-13-10-18-21-19(16-8-3-4-9-17(16)24(18)22-13)23(2)12-14-6-5-7-15(20)11-14/h3-11H,12H2,1-2H3. The van der Waals surface area contributed by atoms with Crippen LogP contribution in [0.15, 0.2) is 54.6 Å². The zero-order valence-electron chi connectivity index (χ0n) is 13.6. The Morgan fingerprint density at radius 1 is 1.08 bits per heavy atom. The molecule has 0 unspecified atom stereocenters. The fraction of sp³-hybridized carbons (Fsp3) is 0.158. The molecule has 0 N–H and O–H groups in total. The SMILES string of the molecule is Cc1cc2nc(N(C)Cc3cccc(F)c3)c3ccccc3n2n1.